The molecule has 0 unspecified atom stereocenters. The summed E-state index contributed by atoms with van der Waals surface area (Å²) in [4.78, 5) is 0. The van der Waals surface area contributed by atoms with Gasteiger partial charge in [0.15, 0.2) is 0 Å². The molecule has 1 rings (SSSR count). The highest BCUT2D eigenvalue weighted by molar-refractivity contribution is 5.61. The topological polar surface area (TPSA) is 41.5 Å². The molecule has 1 aromatic carbocycles. The van der Waals surface area contributed by atoms with E-state index < -0.39 is 0 Å². The van der Waals surface area contributed by atoms with Crippen LogP contribution in [0.1, 0.15) is 31.4 Å². The number of aliphatic hydroxyl groups is 1. The Morgan fingerprint density at radius 1 is 1.24 bits per heavy atom. The Morgan fingerprint density at radius 3 is 2.35 bits per heavy atom. The molecule has 3 heteroatoms. The van der Waals surface area contributed by atoms with Gasteiger partial charge < -0.3 is 15.2 Å². The number of hydrogen-bond acceptors (Lipinski definition) is 3. The Bertz CT molecular complexity index is 386. The van der Waals surface area contributed by atoms with Crippen LogP contribution in [0.4, 0.5) is 5.69 Å². The smallest absolute Gasteiger partial charge is 0.142 e. The van der Waals surface area contributed by atoms with Gasteiger partial charge in [-0.25, -0.2) is 0 Å². The number of aliphatic hydroxyl groups excluding tert-OH is 1. The Kier molecular flexibility index (Phi) is 4.40. The van der Waals surface area contributed by atoms with Crippen molar-refractivity contribution >= 4 is 5.69 Å². The number of aryl methyl sites for hydroxylation is 2. The molecule has 3 nitrogen and oxygen atoms in total. The van der Waals surface area contributed by atoms with E-state index in [1.807, 2.05) is 6.07 Å². The lowest BCUT2D eigenvalue weighted by atomic mass is 9.99. The Hall–Kier alpha value is -1.22. The van der Waals surface area contributed by atoms with Crippen molar-refractivity contribution in [3.63, 3.8) is 0 Å². The van der Waals surface area contributed by atoms with Crippen molar-refractivity contribution in [2.45, 2.75) is 39.7 Å². The number of anilines is 1. The van der Waals surface area contributed by atoms with E-state index in [1.54, 1.807) is 7.11 Å². The number of hydrogen-bond donors (Lipinski definition) is 2. The molecule has 17 heavy (non-hydrogen) atoms. The lowest BCUT2D eigenvalue weighted by Crippen LogP contribution is -2.32. The molecule has 0 heterocycles. The normalized spacial score (nSPS) is 11.4. The van der Waals surface area contributed by atoms with Gasteiger partial charge in [0.05, 0.1) is 12.8 Å². The lowest BCUT2D eigenvalue weighted by molar-refractivity contribution is 0.260. The largest absolute Gasteiger partial charge is 0.495 e. The van der Waals surface area contributed by atoms with Gasteiger partial charge in [-0.2, -0.15) is 0 Å². The number of methoxy groups -OCH3 is 1. The van der Waals surface area contributed by atoms with E-state index in [9.17, 15) is 0 Å². The Balaban J connectivity index is 3.01. The molecule has 1 aromatic rings. The van der Waals surface area contributed by atoms with E-state index in [0.29, 0.717) is 6.42 Å². The number of rotatable bonds is 5. The minimum absolute atomic E-state index is 0.149. The summed E-state index contributed by atoms with van der Waals surface area (Å²) in [6, 6.07) is 4.12. The average Bonchev–Trinajstić information content (AvgIpc) is 2.22. The van der Waals surface area contributed by atoms with Crippen LogP contribution < -0.4 is 10.1 Å². The zero-order valence-electron chi connectivity index (χ0n) is 11.4. The van der Waals surface area contributed by atoms with Gasteiger partial charge in [0.25, 0.3) is 0 Å². The molecule has 96 valence electrons. The van der Waals surface area contributed by atoms with Crippen LogP contribution in [0.5, 0.6) is 5.75 Å². The fourth-order valence-electron chi connectivity index (χ4n) is 1.76. The standard InChI is InChI=1S/C14H23NO2/c1-10-8-12(13(17-5)9-11(10)2)15-14(3,4)6-7-16/h8-9,15-16H,6-7H2,1-5H3. The highest BCUT2D eigenvalue weighted by Gasteiger charge is 2.18. The number of benzene rings is 1. The molecular formula is C14H23NO2. The Morgan fingerprint density at radius 2 is 1.82 bits per heavy atom. The maximum atomic E-state index is 9.03. The van der Waals surface area contributed by atoms with E-state index in [0.717, 1.165) is 11.4 Å². The third-order valence-electron chi connectivity index (χ3n) is 3.03. The van der Waals surface area contributed by atoms with Crippen molar-refractivity contribution in [2.75, 3.05) is 19.0 Å². The van der Waals surface area contributed by atoms with Crippen LogP contribution in [0.15, 0.2) is 12.1 Å². The highest BCUT2D eigenvalue weighted by Crippen LogP contribution is 2.30. The molecule has 0 aliphatic heterocycles. The third-order valence-corrected chi connectivity index (χ3v) is 3.03. The van der Waals surface area contributed by atoms with Crippen LogP contribution in [0.2, 0.25) is 0 Å². The van der Waals surface area contributed by atoms with Crippen LogP contribution in [0.25, 0.3) is 0 Å². The van der Waals surface area contributed by atoms with E-state index >= 15 is 0 Å². The summed E-state index contributed by atoms with van der Waals surface area (Å²) >= 11 is 0. The second-order valence-corrected chi connectivity index (χ2v) is 5.12. The number of ether oxygens (including phenoxy) is 1. The van der Waals surface area contributed by atoms with Gasteiger partial charge >= 0.3 is 0 Å². The van der Waals surface area contributed by atoms with Gasteiger partial charge in [0, 0.05) is 12.1 Å². The molecule has 0 aliphatic carbocycles. The van der Waals surface area contributed by atoms with Gasteiger partial charge in [-0.05, 0) is 57.4 Å². The molecule has 2 N–H and O–H groups in total. The molecule has 0 atom stereocenters. The van der Waals surface area contributed by atoms with Crippen molar-refractivity contribution in [1.82, 2.24) is 0 Å². The Labute approximate surface area is 104 Å². The van der Waals surface area contributed by atoms with Crippen molar-refractivity contribution in [2.24, 2.45) is 0 Å². The second kappa shape index (κ2) is 5.41. The van der Waals surface area contributed by atoms with Gasteiger partial charge in [-0.15, -0.1) is 0 Å². The first-order valence-corrected chi connectivity index (χ1v) is 5.94. The van der Waals surface area contributed by atoms with Gasteiger partial charge in [-0.3, -0.25) is 0 Å². The number of nitrogens with one attached hydrogen (secondary N) is 1. The van der Waals surface area contributed by atoms with Gasteiger partial charge in [-0.1, -0.05) is 0 Å². The zero-order chi connectivity index (χ0) is 13.1. The maximum absolute atomic E-state index is 9.03. The van der Waals surface area contributed by atoms with E-state index in [-0.39, 0.29) is 12.1 Å². The van der Waals surface area contributed by atoms with E-state index in [4.69, 9.17) is 9.84 Å². The highest BCUT2D eigenvalue weighted by atomic mass is 16.5. The molecule has 0 saturated carbocycles. The molecule has 0 bridgehead atoms. The van der Waals surface area contributed by atoms with Crippen molar-refractivity contribution in [3.05, 3.63) is 23.3 Å². The van der Waals surface area contributed by atoms with Gasteiger partial charge in [0.1, 0.15) is 5.75 Å². The first-order valence-electron chi connectivity index (χ1n) is 5.94. The van der Waals surface area contributed by atoms with Crippen LogP contribution in [0, 0.1) is 13.8 Å². The summed E-state index contributed by atoms with van der Waals surface area (Å²) in [7, 11) is 1.67. The van der Waals surface area contributed by atoms with Crippen LogP contribution in [0.3, 0.4) is 0 Å². The fraction of sp³-hybridized carbons (Fsp3) is 0.571. The first-order chi connectivity index (χ1) is 7.89. The van der Waals surface area contributed by atoms with E-state index in [1.165, 1.54) is 11.1 Å². The molecular weight excluding hydrogens is 214 g/mol. The lowest BCUT2D eigenvalue weighted by Gasteiger charge is -2.28. The summed E-state index contributed by atoms with van der Waals surface area (Å²) in [5, 5.41) is 12.5. The van der Waals surface area contributed by atoms with Crippen LogP contribution in [-0.2, 0) is 0 Å². The summed E-state index contributed by atoms with van der Waals surface area (Å²) in [6.45, 7) is 8.46. The molecule has 0 amide bonds. The minimum Gasteiger partial charge on any atom is -0.495 e. The summed E-state index contributed by atoms with van der Waals surface area (Å²) in [5.74, 6) is 0.846. The summed E-state index contributed by atoms with van der Waals surface area (Å²) in [6.07, 6.45) is 0.697. The molecule has 0 spiro atoms. The molecule has 0 saturated heterocycles. The van der Waals surface area contributed by atoms with Crippen LogP contribution in [-0.4, -0.2) is 24.4 Å². The SMILES string of the molecule is COc1cc(C)c(C)cc1NC(C)(C)CCO. The zero-order valence-corrected chi connectivity index (χ0v) is 11.4. The maximum Gasteiger partial charge on any atom is 0.142 e. The third kappa shape index (κ3) is 3.63. The van der Waals surface area contributed by atoms with Crippen LogP contribution >= 0.6 is 0 Å². The monoisotopic (exact) mass is 237 g/mol. The molecule has 0 fully saturated rings. The molecule has 0 radical (unpaired) electrons. The molecule has 0 aromatic heterocycles. The minimum atomic E-state index is -0.149. The van der Waals surface area contributed by atoms with Crippen molar-refractivity contribution < 1.29 is 9.84 Å². The quantitative estimate of drug-likeness (QED) is 0.827. The van der Waals surface area contributed by atoms with E-state index in [2.05, 4.69) is 39.1 Å². The second-order valence-electron chi connectivity index (χ2n) is 5.12. The summed E-state index contributed by atoms with van der Waals surface area (Å²) < 4.78 is 5.38. The van der Waals surface area contributed by atoms with Gasteiger partial charge in [0.2, 0.25) is 0 Å². The predicted molar refractivity (Wildman–Crippen MR) is 71.9 cm³/mol. The van der Waals surface area contributed by atoms with Crippen molar-refractivity contribution in [3.8, 4) is 5.75 Å². The average molecular weight is 237 g/mol. The van der Waals surface area contributed by atoms with Crippen molar-refractivity contribution in [1.29, 1.82) is 0 Å². The summed E-state index contributed by atoms with van der Waals surface area (Å²) in [5.41, 5.74) is 3.28. The fourth-order valence-corrected chi connectivity index (χ4v) is 1.76. The molecule has 0 aliphatic rings. The first kappa shape index (κ1) is 13.8. The predicted octanol–water partition coefficient (Wildman–Crippen LogP) is 2.88.